The number of hydrogen-bond donors (Lipinski definition) is 0. The van der Waals surface area contributed by atoms with Gasteiger partial charge in [-0.15, -0.1) is 0 Å². The van der Waals surface area contributed by atoms with Crippen LogP contribution < -0.4 is 9.64 Å². The third-order valence-electron chi connectivity index (χ3n) is 8.79. The van der Waals surface area contributed by atoms with Crippen LogP contribution >= 0.6 is 0 Å². The largest absolute Gasteiger partial charge is 0.451 e. The number of anilines is 1. The van der Waals surface area contributed by atoms with E-state index in [1.165, 1.54) is 18.5 Å². The lowest BCUT2D eigenvalue weighted by molar-refractivity contribution is -0.188. The normalized spacial score (nSPS) is 23.6. The summed E-state index contributed by atoms with van der Waals surface area (Å²) in [5, 5.41) is 10.1. The summed E-state index contributed by atoms with van der Waals surface area (Å²) in [5.74, 6) is 0.439. The zero-order valence-corrected chi connectivity index (χ0v) is 21.4. The SMILES string of the molecule is N#CC1(CN2CCC3(CC2)CN(c2ncncc2Oc2ccc(F)cc2C=O)C3)CCC2(CC1)OCCO2. The monoisotopic (exact) mass is 521 g/mol. The summed E-state index contributed by atoms with van der Waals surface area (Å²) in [7, 11) is 0. The van der Waals surface area contributed by atoms with Gasteiger partial charge in [-0.05, 0) is 57.0 Å². The van der Waals surface area contributed by atoms with Crippen LogP contribution in [0.15, 0.2) is 30.7 Å². The van der Waals surface area contributed by atoms with Crippen molar-refractivity contribution in [3.63, 3.8) is 0 Å². The Morgan fingerprint density at radius 2 is 1.82 bits per heavy atom. The highest BCUT2D eigenvalue weighted by Crippen LogP contribution is 2.48. The van der Waals surface area contributed by atoms with E-state index in [9.17, 15) is 14.4 Å². The summed E-state index contributed by atoms with van der Waals surface area (Å²) >= 11 is 0. The fraction of sp³-hybridized carbons (Fsp3) is 0.571. The van der Waals surface area contributed by atoms with Crippen molar-refractivity contribution in [1.82, 2.24) is 14.9 Å². The van der Waals surface area contributed by atoms with Crippen LogP contribution in [-0.2, 0) is 9.47 Å². The number of nitrogens with zero attached hydrogens (tertiary/aromatic N) is 5. The zero-order valence-electron chi connectivity index (χ0n) is 21.4. The topological polar surface area (TPSA) is 101 Å². The number of nitriles is 1. The molecule has 6 rings (SSSR count). The summed E-state index contributed by atoms with van der Waals surface area (Å²) < 4.78 is 31.2. The van der Waals surface area contributed by atoms with Crippen molar-refractivity contribution >= 4 is 12.1 Å². The van der Waals surface area contributed by atoms with Gasteiger partial charge in [0.25, 0.3) is 0 Å². The van der Waals surface area contributed by atoms with E-state index in [-0.39, 0.29) is 22.1 Å². The summed E-state index contributed by atoms with van der Waals surface area (Å²) in [6.07, 6.45) is 8.98. The number of aromatic nitrogens is 2. The molecule has 0 atom stereocenters. The molecule has 0 N–H and O–H groups in total. The van der Waals surface area contributed by atoms with Gasteiger partial charge in [0, 0.05) is 37.9 Å². The lowest BCUT2D eigenvalue weighted by Crippen LogP contribution is -2.61. The molecular weight excluding hydrogens is 489 g/mol. The average molecular weight is 522 g/mol. The molecule has 2 aromatic rings. The smallest absolute Gasteiger partial charge is 0.188 e. The Kier molecular flexibility index (Phi) is 6.54. The Hall–Kier alpha value is -3.13. The Labute approximate surface area is 221 Å². The lowest BCUT2D eigenvalue weighted by Gasteiger charge is -2.55. The Balaban J connectivity index is 1.05. The highest BCUT2D eigenvalue weighted by Gasteiger charge is 2.49. The molecule has 1 aromatic heterocycles. The molecule has 0 unspecified atom stereocenters. The second-order valence-corrected chi connectivity index (χ2v) is 11.2. The van der Waals surface area contributed by atoms with Crippen molar-refractivity contribution in [3.8, 4) is 17.6 Å². The molecule has 1 saturated carbocycles. The average Bonchev–Trinajstić information content (AvgIpc) is 3.39. The van der Waals surface area contributed by atoms with Gasteiger partial charge in [-0.1, -0.05) is 0 Å². The lowest BCUT2D eigenvalue weighted by atomic mass is 9.70. The van der Waals surface area contributed by atoms with Crippen molar-refractivity contribution in [3.05, 3.63) is 42.1 Å². The molecule has 38 heavy (non-hydrogen) atoms. The van der Waals surface area contributed by atoms with Crippen LogP contribution in [-0.4, -0.2) is 72.9 Å². The molecule has 0 amide bonds. The molecular formula is C28H32FN5O4. The van der Waals surface area contributed by atoms with Crippen molar-refractivity contribution < 1.29 is 23.4 Å². The van der Waals surface area contributed by atoms with Gasteiger partial charge in [-0.2, -0.15) is 5.26 Å². The molecule has 0 bridgehead atoms. The molecule has 200 valence electrons. The Morgan fingerprint density at radius 1 is 1.08 bits per heavy atom. The fourth-order valence-electron chi connectivity index (χ4n) is 6.49. The van der Waals surface area contributed by atoms with E-state index in [1.54, 1.807) is 6.20 Å². The highest BCUT2D eigenvalue weighted by atomic mass is 19.1. The molecule has 3 saturated heterocycles. The highest BCUT2D eigenvalue weighted by molar-refractivity contribution is 5.79. The number of piperidine rings is 1. The van der Waals surface area contributed by atoms with Gasteiger partial charge >= 0.3 is 0 Å². The molecule has 1 aromatic carbocycles. The predicted molar refractivity (Wildman–Crippen MR) is 135 cm³/mol. The van der Waals surface area contributed by atoms with Crippen LogP contribution in [0.5, 0.6) is 11.5 Å². The fourth-order valence-corrected chi connectivity index (χ4v) is 6.49. The van der Waals surface area contributed by atoms with Gasteiger partial charge in [0.1, 0.15) is 17.9 Å². The maximum absolute atomic E-state index is 13.5. The minimum absolute atomic E-state index is 0.138. The van der Waals surface area contributed by atoms with Crippen molar-refractivity contribution in [2.24, 2.45) is 10.8 Å². The molecule has 4 aliphatic rings. The van der Waals surface area contributed by atoms with Gasteiger partial charge in [0.2, 0.25) is 0 Å². The van der Waals surface area contributed by atoms with Gasteiger partial charge in [-0.3, -0.25) is 4.79 Å². The second-order valence-electron chi connectivity index (χ2n) is 11.2. The summed E-state index contributed by atoms with van der Waals surface area (Å²) in [6, 6.07) is 6.50. The zero-order chi connectivity index (χ0) is 26.2. The maximum atomic E-state index is 13.5. The van der Waals surface area contributed by atoms with Crippen LogP contribution in [0.1, 0.15) is 48.9 Å². The van der Waals surface area contributed by atoms with Crippen molar-refractivity contribution in [2.45, 2.75) is 44.3 Å². The number of halogens is 1. The van der Waals surface area contributed by atoms with Crippen LogP contribution in [0.25, 0.3) is 0 Å². The molecule has 4 fully saturated rings. The van der Waals surface area contributed by atoms with Crippen LogP contribution in [0.2, 0.25) is 0 Å². The summed E-state index contributed by atoms with van der Waals surface area (Å²) in [5.41, 5.74) is 0.0219. The molecule has 3 aliphatic heterocycles. The maximum Gasteiger partial charge on any atom is 0.188 e. The van der Waals surface area contributed by atoms with E-state index < -0.39 is 11.6 Å². The standard InChI is InChI=1S/C28H32FN5O4/c29-22-1-2-23(21(13-22)15-35)38-24-14-31-20-32-25(24)34-18-27(19-34)7-9-33(10-8-27)17-26(16-30)3-5-28(6-4-26)36-11-12-37-28/h1-2,13-15,20H,3-12,17-19H2. The van der Waals surface area contributed by atoms with Crippen LogP contribution in [0.4, 0.5) is 10.2 Å². The first-order chi connectivity index (χ1) is 18.4. The number of hydrogen-bond acceptors (Lipinski definition) is 9. The van der Waals surface area contributed by atoms with E-state index in [2.05, 4.69) is 25.8 Å². The van der Waals surface area contributed by atoms with Crippen molar-refractivity contribution in [2.75, 3.05) is 50.8 Å². The first-order valence-electron chi connectivity index (χ1n) is 13.3. The first-order valence-corrected chi connectivity index (χ1v) is 13.3. The third kappa shape index (κ3) is 4.75. The van der Waals surface area contributed by atoms with Crippen LogP contribution in [0.3, 0.4) is 0 Å². The number of likely N-dealkylation sites (tertiary alicyclic amines) is 1. The van der Waals surface area contributed by atoms with Gasteiger partial charge in [0.15, 0.2) is 23.6 Å². The van der Waals surface area contributed by atoms with Gasteiger partial charge in [0.05, 0.1) is 36.5 Å². The van der Waals surface area contributed by atoms with Crippen molar-refractivity contribution in [1.29, 1.82) is 5.26 Å². The molecule has 9 nitrogen and oxygen atoms in total. The molecule has 1 aliphatic carbocycles. The Morgan fingerprint density at radius 3 is 2.50 bits per heavy atom. The van der Waals surface area contributed by atoms with E-state index in [0.717, 1.165) is 77.3 Å². The quantitative estimate of drug-likeness (QED) is 0.523. The van der Waals surface area contributed by atoms with E-state index in [0.29, 0.717) is 31.1 Å². The van der Waals surface area contributed by atoms with E-state index in [4.69, 9.17) is 14.2 Å². The molecule has 0 radical (unpaired) electrons. The first kappa shape index (κ1) is 25.2. The Bertz CT molecular complexity index is 1220. The predicted octanol–water partition coefficient (Wildman–Crippen LogP) is 3.95. The minimum Gasteiger partial charge on any atom is -0.451 e. The van der Waals surface area contributed by atoms with Crippen LogP contribution in [0, 0.1) is 28.0 Å². The second kappa shape index (κ2) is 9.88. The number of carbonyl (C=O) groups excluding carboxylic acids is 1. The number of carbonyl (C=O) groups is 1. The summed E-state index contributed by atoms with van der Waals surface area (Å²) in [4.78, 5) is 24.6. The number of aldehydes is 1. The molecule has 2 spiro atoms. The molecule has 4 heterocycles. The summed E-state index contributed by atoms with van der Waals surface area (Å²) in [6.45, 7) is 5.78. The van der Waals surface area contributed by atoms with E-state index >= 15 is 0 Å². The number of benzene rings is 1. The molecule has 10 heteroatoms. The van der Waals surface area contributed by atoms with E-state index in [1.807, 2.05) is 0 Å². The number of rotatable bonds is 6. The van der Waals surface area contributed by atoms with Gasteiger partial charge in [-0.25, -0.2) is 14.4 Å². The number of ether oxygens (including phenoxy) is 3. The van der Waals surface area contributed by atoms with Gasteiger partial charge < -0.3 is 24.0 Å². The minimum atomic E-state index is -0.495. The third-order valence-corrected chi connectivity index (χ3v) is 8.79.